The molecule has 2 saturated heterocycles. The number of carbonyl (C=O) groups is 2. The highest BCUT2D eigenvalue weighted by atomic mass is 32.1. The first-order chi connectivity index (χ1) is 15.1. The van der Waals surface area contributed by atoms with Crippen molar-refractivity contribution in [3.63, 3.8) is 0 Å². The fourth-order valence-corrected chi connectivity index (χ4v) is 5.09. The molecule has 1 aromatic heterocycles. The highest BCUT2D eigenvalue weighted by molar-refractivity contribution is 7.12. The SMILES string of the molecule is CN1CCN(CC(NC(=O)C2CCN(C(=O)c3cccs3)CC2)c2ccccc2)CC1. The molecule has 1 N–H and O–H groups in total. The second-order valence-corrected chi connectivity index (χ2v) is 9.57. The molecule has 0 saturated carbocycles. The Bertz CT molecular complexity index is 842. The molecule has 3 heterocycles. The second-order valence-electron chi connectivity index (χ2n) is 8.62. The zero-order valence-corrected chi connectivity index (χ0v) is 19.0. The summed E-state index contributed by atoms with van der Waals surface area (Å²) in [6, 6.07) is 14.0. The minimum absolute atomic E-state index is 0.0112. The van der Waals surface area contributed by atoms with Crippen molar-refractivity contribution in [3.05, 3.63) is 58.3 Å². The maximum atomic E-state index is 13.1. The number of nitrogens with one attached hydrogen (secondary N) is 1. The van der Waals surface area contributed by atoms with Crippen molar-refractivity contribution in [3.8, 4) is 0 Å². The van der Waals surface area contributed by atoms with E-state index < -0.39 is 0 Å². The molecule has 1 atom stereocenters. The molecule has 2 fully saturated rings. The highest BCUT2D eigenvalue weighted by Gasteiger charge is 2.30. The molecular weight excluding hydrogens is 408 g/mol. The lowest BCUT2D eigenvalue weighted by Crippen LogP contribution is -2.49. The first kappa shape index (κ1) is 22.0. The fourth-order valence-electron chi connectivity index (χ4n) is 4.40. The van der Waals surface area contributed by atoms with Crippen LogP contribution >= 0.6 is 11.3 Å². The van der Waals surface area contributed by atoms with Crippen molar-refractivity contribution in [2.24, 2.45) is 5.92 Å². The van der Waals surface area contributed by atoms with Crippen LogP contribution in [-0.4, -0.2) is 79.4 Å². The van der Waals surface area contributed by atoms with Crippen LogP contribution in [-0.2, 0) is 4.79 Å². The van der Waals surface area contributed by atoms with Gasteiger partial charge in [0.25, 0.3) is 5.91 Å². The van der Waals surface area contributed by atoms with Gasteiger partial charge in [-0.3, -0.25) is 14.5 Å². The molecule has 7 heteroatoms. The Hall–Kier alpha value is -2.22. The Morgan fingerprint density at radius 3 is 2.35 bits per heavy atom. The van der Waals surface area contributed by atoms with E-state index in [1.807, 2.05) is 40.6 Å². The van der Waals surface area contributed by atoms with E-state index in [4.69, 9.17) is 0 Å². The van der Waals surface area contributed by atoms with E-state index in [2.05, 4.69) is 34.3 Å². The van der Waals surface area contributed by atoms with Gasteiger partial charge in [-0.05, 0) is 36.9 Å². The van der Waals surface area contributed by atoms with E-state index in [1.165, 1.54) is 11.3 Å². The Balaban J connectivity index is 1.34. The zero-order valence-electron chi connectivity index (χ0n) is 18.2. The molecule has 1 unspecified atom stereocenters. The minimum atomic E-state index is -0.0360. The Morgan fingerprint density at radius 2 is 1.71 bits per heavy atom. The van der Waals surface area contributed by atoms with Gasteiger partial charge in [0.15, 0.2) is 0 Å². The van der Waals surface area contributed by atoms with Gasteiger partial charge in [-0.1, -0.05) is 36.4 Å². The summed E-state index contributed by atoms with van der Waals surface area (Å²) >= 11 is 1.48. The van der Waals surface area contributed by atoms with E-state index in [1.54, 1.807) is 0 Å². The molecule has 0 spiro atoms. The van der Waals surface area contributed by atoms with E-state index in [0.29, 0.717) is 13.1 Å². The van der Waals surface area contributed by atoms with Crippen molar-refractivity contribution in [2.75, 3.05) is 52.9 Å². The van der Waals surface area contributed by atoms with Crippen molar-refractivity contribution in [2.45, 2.75) is 18.9 Å². The third-order valence-corrected chi connectivity index (χ3v) is 7.30. The molecule has 0 bridgehead atoms. The normalized spacial score (nSPS) is 19.8. The van der Waals surface area contributed by atoms with Crippen LogP contribution in [0.5, 0.6) is 0 Å². The average Bonchev–Trinajstić information content (AvgIpc) is 3.35. The van der Waals surface area contributed by atoms with Crippen LogP contribution in [0.15, 0.2) is 47.8 Å². The fraction of sp³-hybridized carbons (Fsp3) is 0.500. The maximum Gasteiger partial charge on any atom is 0.263 e. The molecule has 1 aromatic carbocycles. The topological polar surface area (TPSA) is 55.9 Å². The third-order valence-electron chi connectivity index (χ3n) is 6.44. The van der Waals surface area contributed by atoms with Crippen LogP contribution < -0.4 is 5.32 Å². The predicted molar refractivity (Wildman–Crippen MR) is 124 cm³/mol. The van der Waals surface area contributed by atoms with Gasteiger partial charge in [-0.2, -0.15) is 0 Å². The van der Waals surface area contributed by atoms with Crippen molar-refractivity contribution >= 4 is 23.2 Å². The maximum absolute atomic E-state index is 13.1. The largest absolute Gasteiger partial charge is 0.348 e. The lowest BCUT2D eigenvalue weighted by Gasteiger charge is -2.36. The second kappa shape index (κ2) is 10.4. The van der Waals surface area contributed by atoms with Gasteiger partial charge in [0.05, 0.1) is 10.9 Å². The number of rotatable bonds is 6. The molecule has 0 aliphatic carbocycles. The van der Waals surface area contributed by atoms with Crippen LogP contribution in [0.1, 0.15) is 34.1 Å². The number of carbonyl (C=O) groups excluding carboxylic acids is 2. The summed E-state index contributed by atoms with van der Waals surface area (Å²) in [5.41, 5.74) is 1.15. The molecule has 6 nitrogen and oxygen atoms in total. The van der Waals surface area contributed by atoms with Crippen LogP contribution in [0.4, 0.5) is 0 Å². The third kappa shape index (κ3) is 5.73. The van der Waals surface area contributed by atoms with Crippen molar-refractivity contribution in [1.82, 2.24) is 20.0 Å². The Labute approximate surface area is 188 Å². The lowest BCUT2D eigenvalue weighted by atomic mass is 9.94. The number of amides is 2. The van der Waals surface area contributed by atoms with Crippen LogP contribution in [0.3, 0.4) is 0 Å². The molecule has 2 aromatic rings. The quantitative estimate of drug-likeness (QED) is 0.751. The smallest absolute Gasteiger partial charge is 0.263 e. The van der Waals surface area contributed by atoms with Gasteiger partial charge in [-0.15, -0.1) is 11.3 Å². The summed E-state index contributed by atoms with van der Waals surface area (Å²) < 4.78 is 0. The average molecular weight is 441 g/mol. The number of piperidine rings is 1. The van der Waals surface area contributed by atoms with E-state index in [9.17, 15) is 9.59 Å². The number of likely N-dealkylation sites (tertiary alicyclic amines) is 1. The van der Waals surface area contributed by atoms with Crippen LogP contribution in [0.2, 0.25) is 0 Å². The number of thiophene rings is 1. The first-order valence-electron chi connectivity index (χ1n) is 11.2. The van der Waals surface area contributed by atoms with Crippen LogP contribution in [0, 0.1) is 5.92 Å². The molecule has 4 rings (SSSR count). The van der Waals surface area contributed by atoms with Gasteiger partial charge in [-0.25, -0.2) is 0 Å². The standard InChI is InChI=1S/C24H32N4O2S/c1-26-13-15-27(16-14-26)18-21(19-6-3-2-4-7-19)25-23(29)20-9-11-28(12-10-20)24(30)22-8-5-17-31-22/h2-8,17,20-21H,9-16,18H2,1H3,(H,25,29). The van der Waals surface area contributed by atoms with Gasteiger partial charge in [0, 0.05) is 51.7 Å². The number of hydrogen-bond acceptors (Lipinski definition) is 5. The summed E-state index contributed by atoms with van der Waals surface area (Å²) in [5.74, 6) is 0.170. The van der Waals surface area contributed by atoms with E-state index >= 15 is 0 Å². The molecule has 166 valence electrons. The summed E-state index contributed by atoms with van der Waals surface area (Å²) in [7, 11) is 2.16. The number of piperazine rings is 1. The van der Waals surface area contributed by atoms with E-state index in [-0.39, 0.29) is 23.8 Å². The lowest BCUT2D eigenvalue weighted by molar-refractivity contribution is -0.127. The number of nitrogens with zero attached hydrogens (tertiary/aromatic N) is 3. The van der Waals surface area contributed by atoms with Gasteiger partial charge >= 0.3 is 0 Å². The van der Waals surface area contributed by atoms with Gasteiger partial charge < -0.3 is 15.1 Å². The Morgan fingerprint density at radius 1 is 1.00 bits per heavy atom. The zero-order chi connectivity index (χ0) is 21.6. The van der Waals surface area contributed by atoms with E-state index in [0.717, 1.165) is 56.0 Å². The molecule has 31 heavy (non-hydrogen) atoms. The summed E-state index contributed by atoms with van der Waals surface area (Å²) in [6.07, 6.45) is 1.44. The Kier molecular flexibility index (Phi) is 7.37. The predicted octanol–water partition coefficient (Wildman–Crippen LogP) is 2.71. The van der Waals surface area contributed by atoms with Gasteiger partial charge in [0.2, 0.25) is 5.91 Å². The minimum Gasteiger partial charge on any atom is -0.348 e. The van der Waals surface area contributed by atoms with Crippen molar-refractivity contribution < 1.29 is 9.59 Å². The number of benzene rings is 1. The highest BCUT2D eigenvalue weighted by Crippen LogP contribution is 2.23. The monoisotopic (exact) mass is 440 g/mol. The molecule has 2 amide bonds. The molecule has 2 aliphatic heterocycles. The molecule has 2 aliphatic rings. The first-order valence-corrected chi connectivity index (χ1v) is 12.1. The van der Waals surface area contributed by atoms with Crippen LogP contribution in [0.25, 0.3) is 0 Å². The van der Waals surface area contributed by atoms with Gasteiger partial charge in [0.1, 0.15) is 0 Å². The molecule has 0 radical (unpaired) electrons. The summed E-state index contributed by atoms with van der Waals surface area (Å²) in [4.78, 5) is 33.2. The molecular formula is C24H32N4O2S. The summed E-state index contributed by atoms with van der Waals surface area (Å²) in [6.45, 7) is 6.29. The number of likely N-dealkylation sites (N-methyl/N-ethyl adjacent to an activating group) is 1. The number of hydrogen-bond donors (Lipinski definition) is 1. The summed E-state index contributed by atoms with van der Waals surface area (Å²) in [5, 5.41) is 5.27. The van der Waals surface area contributed by atoms with Crippen molar-refractivity contribution in [1.29, 1.82) is 0 Å².